The first kappa shape index (κ1) is 17.7. The number of carbonyl (C=O) groups is 2. The van der Waals surface area contributed by atoms with Gasteiger partial charge >= 0.3 is 5.97 Å². The van der Waals surface area contributed by atoms with E-state index in [1.54, 1.807) is 48.7 Å². The van der Waals surface area contributed by atoms with Crippen molar-refractivity contribution in [2.75, 3.05) is 19.0 Å². The van der Waals surface area contributed by atoms with Crippen LogP contribution in [0.4, 0.5) is 5.69 Å². The van der Waals surface area contributed by atoms with Crippen molar-refractivity contribution in [1.29, 1.82) is 0 Å². The van der Waals surface area contributed by atoms with Gasteiger partial charge in [0.2, 0.25) is 0 Å². The molecule has 0 atom stereocenters. The highest BCUT2D eigenvalue weighted by Gasteiger charge is 2.10. The van der Waals surface area contributed by atoms with Crippen LogP contribution in [0.15, 0.2) is 54.7 Å². The van der Waals surface area contributed by atoms with Crippen LogP contribution in [0.25, 0.3) is 10.9 Å². The first-order valence-corrected chi connectivity index (χ1v) is 8.10. The lowest BCUT2D eigenvalue weighted by atomic mass is 10.2. The van der Waals surface area contributed by atoms with Crippen LogP contribution in [0.2, 0.25) is 5.02 Å². The Morgan fingerprint density at radius 2 is 1.88 bits per heavy atom. The maximum absolute atomic E-state index is 12.1. The van der Waals surface area contributed by atoms with Gasteiger partial charge in [-0.15, -0.1) is 0 Å². The number of aromatic nitrogens is 1. The Morgan fingerprint density at radius 1 is 1.12 bits per heavy atom. The topological polar surface area (TPSA) is 77.5 Å². The van der Waals surface area contributed by atoms with Crippen molar-refractivity contribution in [3.05, 3.63) is 65.3 Å². The summed E-state index contributed by atoms with van der Waals surface area (Å²) in [6, 6.07) is 13.4. The number of benzene rings is 2. The third kappa shape index (κ3) is 3.92. The first-order valence-electron chi connectivity index (χ1n) is 7.73. The van der Waals surface area contributed by atoms with E-state index in [0.717, 1.165) is 5.39 Å². The molecule has 3 aromatic rings. The number of nitrogens with zero attached hydrogens (tertiary/aromatic N) is 1. The maximum atomic E-state index is 12.1. The number of hydrogen-bond acceptors (Lipinski definition) is 5. The Bertz CT molecular complexity index is 957. The minimum Gasteiger partial charge on any atom is -0.481 e. The number of esters is 1. The van der Waals surface area contributed by atoms with E-state index in [4.69, 9.17) is 16.3 Å². The lowest BCUT2D eigenvalue weighted by Crippen LogP contribution is -2.20. The molecule has 0 aliphatic rings. The number of pyridine rings is 1. The fourth-order valence-electron chi connectivity index (χ4n) is 2.38. The highest BCUT2D eigenvalue weighted by atomic mass is 35.5. The molecule has 0 aliphatic carbocycles. The zero-order valence-electron chi connectivity index (χ0n) is 13.9. The van der Waals surface area contributed by atoms with Crippen molar-refractivity contribution in [2.45, 2.75) is 0 Å². The van der Waals surface area contributed by atoms with Crippen LogP contribution in [-0.2, 0) is 9.53 Å². The second kappa shape index (κ2) is 7.84. The number of hydrogen-bond donors (Lipinski definition) is 1. The number of ether oxygens (including phenoxy) is 2. The maximum Gasteiger partial charge on any atom is 0.337 e. The van der Waals surface area contributed by atoms with Gasteiger partial charge in [0.25, 0.3) is 5.91 Å². The van der Waals surface area contributed by atoms with E-state index >= 15 is 0 Å². The molecule has 0 spiro atoms. The summed E-state index contributed by atoms with van der Waals surface area (Å²) in [6.07, 6.45) is 1.63. The highest BCUT2D eigenvalue weighted by molar-refractivity contribution is 6.35. The summed E-state index contributed by atoms with van der Waals surface area (Å²) < 4.78 is 10.2. The molecule has 0 saturated heterocycles. The molecule has 0 bridgehead atoms. The van der Waals surface area contributed by atoms with E-state index in [2.05, 4.69) is 15.0 Å². The summed E-state index contributed by atoms with van der Waals surface area (Å²) in [5.74, 6) is -0.302. The highest BCUT2D eigenvalue weighted by Crippen LogP contribution is 2.29. The Morgan fingerprint density at radius 3 is 2.62 bits per heavy atom. The number of halogens is 1. The van der Waals surface area contributed by atoms with Crippen LogP contribution in [-0.4, -0.2) is 30.6 Å². The first-order chi connectivity index (χ1) is 12.6. The van der Waals surface area contributed by atoms with Crippen molar-refractivity contribution in [1.82, 2.24) is 4.98 Å². The SMILES string of the molecule is COC(=O)c1ccc(NC(=O)COc2ccc(Cl)c3cccnc23)cc1. The van der Waals surface area contributed by atoms with E-state index in [9.17, 15) is 9.59 Å². The zero-order valence-corrected chi connectivity index (χ0v) is 14.6. The summed E-state index contributed by atoms with van der Waals surface area (Å²) in [6.45, 7) is -0.188. The summed E-state index contributed by atoms with van der Waals surface area (Å²) in [5.41, 5.74) is 1.54. The Kier molecular flexibility index (Phi) is 5.34. The molecule has 2 aromatic carbocycles. The number of anilines is 1. The van der Waals surface area contributed by atoms with Gasteiger partial charge in [0.15, 0.2) is 6.61 Å². The van der Waals surface area contributed by atoms with E-state index in [-0.39, 0.29) is 12.5 Å². The fraction of sp³-hybridized carbons (Fsp3) is 0.105. The molecule has 6 nitrogen and oxygen atoms in total. The van der Waals surface area contributed by atoms with Crippen molar-refractivity contribution >= 4 is 40.1 Å². The van der Waals surface area contributed by atoms with Crippen molar-refractivity contribution in [3.8, 4) is 5.75 Å². The molecule has 7 heteroatoms. The molecule has 0 radical (unpaired) electrons. The summed E-state index contributed by atoms with van der Waals surface area (Å²) in [5, 5.41) is 4.01. The van der Waals surface area contributed by atoms with Gasteiger partial charge < -0.3 is 14.8 Å². The fourth-order valence-corrected chi connectivity index (χ4v) is 2.59. The third-order valence-electron chi connectivity index (χ3n) is 3.63. The van der Waals surface area contributed by atoms with Crippen LogP contribution in [0.5, 0.6) is 5.75 Å². The number of amides is 1. The van der Waals surface area contributed by atoms with Gasteiger partial charge in [0.05, 0.1) is 17.7 Å². The molecule has 1 aromatic heterocycles. The number of carbonyl (C=O) groups excluding carboxylic acids is 2. The molecule has 1 heterocycles. The van der Waals surface area contributed by atoms with Gasteiger partial charge in [0, 0.05) is 17.3 Å². The zero-order chi connectivity index (χ0) is 18.5. The van der Waals surface area contributed by atoms with Crippen molar-refractivity contribution < 1.29 is 19.1 Å². The molecular formula is C19H15ClN2O4. The Balaban J connectivity index is 1.64. The Labute approximate surface area is 154 Å². The lowest BCUT2D eigenvalue weighted by Gasteiger charge is -2.10. The molecule has 1 N–H and O–H groups in total. The van der Waals surface area contributed by atoms with E-state index in [1.165, 1.54) is 7.11 Å². The van der Waals surface area contributed by atoms with E-state index in [1.807, 2.05) is 6.07 Å². The van der Waals surface area contributed by atoms with Crippen LogP contribution in [0.3, 0.4) is 0 Å². The number of nitrogens with one attached hydrogen (secondary N) is 1. The van der Waals surface area contributed by atoms with Gasteiger partial charge in [-0.25, -0.2) is 4.79 Å². The number of rotatable bonds is 5. The molecule has 0 fully saturated rings. The number of fused-ring (bicyclic) bond motifs is 1. The second-order valence-electron chi connectivity index (χ2n) is 5.35. The molecule has 132 valence electrons. The Hall–Kier alpha value is -3.12. The van der Waals surface area contributed by atoms with Crippen molar-refractivity contribution in [3.63, 3.8) is 0 Å². The van der Waals surface area contributed by atoms with E-state index < -0.39 is 5.97 Å². The summed E-state index contributed by atoms with van der Waals surface area (Å²) >= 11 is 6.14. The number of methoxy groups -OCH3 is 1. The molecule has 0 aliphatic heterocycles. The standard InChI is InChI=1S/C19H15ClN2O4/c1-25-19(24)12-4-6-13(7-5-12)22-17(23)11-26-16-9-8-15(20)14-3-2-10-21-18(14)16/h2-10H,11H2,1H3,(H,22,23). The van der Waals surface area contributed by atoms with E-state index in [0.29, 0.717) is 27.5 Å². The minimum absolute atomic E-state index is 0.188. The molecular weight excluding hydrogens is 356 g/mol. The lowest BCUT2D eigenvalue weighted by molar-refractivity contribution is -0.118. The van der Waals surface area contributed by atoms with Gasteiger partial charge in [-0.05, 0) is 48.5 Å². The molecule has 26 heavy (non-hydrogen) atoms. The van der Waals surface area contributed by atoms with Crippen LogP contribution < -0.4 is 10.1 Å². The van der Waals surface area contributed by atoms with Gasteiger partial charge in [-0.1, -0.05) is 11.6 Å². The van der Waals surface area contributed by atoms with Gasteiger partial charge in [-0.3, -0.25) is 9.78 Å². The summed E-state index contributed by atoms with van der Waals surface area (Å²) in [7, 11) is 1.31. The van der Waals surface area contributed by atoms with Gasteiger partial charge in [0.1, 0.15) is 11.3 Å². The average Bonchev–Trinajstić information content (AvgIpc) is 2.67. The third-order valence-corrected chi connectivity index (χ3v) is 3.96. The smallest absolute Gasteiger partial charge is 0.337 e. The monoisotopic (exact) mass is 370 g/mol. The normalized spacial score (nSPS) is 10.4. The van der Waals surface area contributed by atoms with Gasteiger partial charge in [-0.2, -0.15) is 0 Å². The predicted molar refractivity (Wildman–Crippen MR) is 98.7 cm³/mol. The molecule has 1 amide bonds. The van der Waals surface area contributed by atoms with Crippen LogP contribution >= 0.6 is 11.6 Å². The van der Waals surface area contributed by atoms with Crippen LogP contribution in [0, 0.1) is 0 Å². The quantitative estimate of drug-likeness (QED) is 0.693. The second-order valence-corrected chi connectivity index (χ2v) is 5.76. The average molecular weight is 371 g/mol. The largest absolute Gasteiger partial charge is 0.481 e. The predicted octanol–water partition coefficient (Wildman–Crippen LogP) is 3.69. The minimum atomic E-state index is -0.437. The molecule has 3 rings (SSSR count). The summed E-state index contributed by atoms with van der Waals surface area (Å²) in [4.78, 5) is 27.7. The van der Waals surface area contributed by atoms with Crippen molar-refractivity contribution in [2.24, 2.45) is 0 Å². The molecule has 0 saturated carbocycles. The van der Waals surface area contributed by atoms with Crippen LogP contribution in [0.1, 0.15) is 10.4 Å². The molecule has 0 unspecified atom stereocenters.